The highest BCUT2D eigenvalue weighted by Gasteiger charge is 2.14. The van der Waals surface area contributed by atoms with Gasteiger partial charge in [0.15, 0.2) is 15.5 Å². The quantitative estimate of drug-likeness (QED) is 0.704. The molecule has 0 amide bonds. The van der Waals surface area contributed by atoms with Crippen LogP contribution in [-0.4, -0.2) is 24.5 Å². The van der Waals surface area contributed by atoms with Gasteiger partial charge in [0.25, 0.3) is 0 Å². The van der Waals surface area contributed by atoms with Crippen LogP contribution in [0.15, 0.2) is 53.4 Å². The first-order chi connectivity index (χ1) is 12.3. The largest absolute Gasteiger partial charge is 0.259 e. The molecule has 0 aliphatic rings. The van der Waals surface area contributed by atoms with Crippen molar-refractivity contribution < 1.29 is 17.2 Å². The highest BCUT2D eigenvalue weighted by molar-refractivity contribution is 7.90. The summed E-state index contributed by atoms with van der Waals surface area (Å²) in [6.45, 7) is -0.00302. The van der Waals surface area contributed by atoms with E-state index in [-0.39, 0.29) is 22.7 Å². The van der Waals surface area contributed by atoms with Crippen LogP contribution in [0.5, 0.6) is 0 Å². The molecule has 0 aliphatic carbocycles. The van der Waals surface area contributed by atoms with E-state index in [1.807, 2.05) is 6.07 Å². The fraction of sp³-hybridized carbons (Fsp3) is 0.111. The number of sulfone groups is 1. The first-order valence-electron chi connectivity index (χ1n) is 7.50. The molecule has 26 heavy (non-hydrogen) atoms. The first kappa shape index (κ1) is 17.8. The number of nitriles is 1. The molecule has 5 nitrogen and oxygen atoms in total. The van der Waals surface area contributed by atoms with E-state index in [1.165, 1.54) is 28.9 Å². The highest BCUT2D eigenvalue weighted by Crippen LogP contribution is 2.24. The molecule has 3 aromatic rings. The van der Waals surface area contributed by atoms with Crippen LogP contribution >= 0.6 is 0 Å². The Labute approximate surface area is 149 Å². The average molecular weight is 373 g/mol. The number of aromatic nitrogens is 2. The molecule has 3 rings (SSSR count). The van der Waals surface area contributed by atoms with Crippen LogP contribution in [0.1, 0.15) is 11.3 Å². The zero-order valence-electron chi connectivity index (χ0n) is 13.6. The van der Waals surface area contributed by atoms with Gasteiger partial charge in [0.2, 0.25) is 0 Å². The van der Waals surface area contributed by atoms with E-state index < -0.39 is 21.5 Å². The summed E-state index contributed by atoms with van der Waals surface area (Å²) in [6, 6.07) is 12.8. The van der Waals surface area contributed by atoms with Crippen molar-refractivity contribution in [2.45, 2.75) is 11.4 Å². The molecule has 1 heterocycles. The molecule has 8 heteroatoms. The Hall–Kier alpha value is -3.05. The van der Waals surface area contributed by atoms with Gasteiger partial charge in [-0.25, -0.2) is 17.2 Å². The van der Waals surface area contributed by atoms with Gasteiger partial charge in [-0.05, 0) is 23.8 Å². The van der Waals surface area contributed by atoms with Gasteiger partial charge in [-0.1, -0.05) is 18.2 Å². The van der Waals surface area contributed by atoms with E-state index in [0.717, 1.165) is 18.4 Å². The molecule has 0 N–H and O–H groups in total. The Balaban J connectivity index is 2.03. The summed E-state index contributed by atoms with van der Waals surface area (Å²) in [7, 11) is -3.33. The van der Waals surface area contributed by atoms with Gasteiger partial charge >= 0.3 is 0 Å². The second-order valence-corrected chi connectivity index (χ2v) is 7.73. The second-order valence-electron chi connectivity index (χ2n) is 5.72. The number of hydrogen-bond acceptors (Lipinski definition) is 4. The monoisotopic (exact) mass is 373 g/mol. The lowest BCUT2D eigenvalue weighted by atomic mass is 10.1. The smallest absolute Gasteiger partial charge is 0.175 e. The third-order valence-corrected chi connectivity index (χ3v) is 4.94. The summed E-state index contributed by atoms with van der Waals surface area (Å²) in [5.41, 5.74) is 1.49. The molecule has 0 saturated carbocycles. The predicted molar refractivity (Wildman–Crippen MR) is 90.9 cm³/mol. The molecule has 0 atom stereocenters. The fourth-order valence-corrected chi connectivity index (χ4v) is 3.14. The van der Waals surface area contributed by atoms with Gasteiger partial charge < -0.3 is 0 Å². The lowest BCUT2D eigenvalue weighted by Gasteiger charge is -2.09. The molecule has 0 unspecified atom stereocenters. The fourth-order valence-electron chi connectivity index (χ4n) is 2.51. The minimum Gasteiger partial charge on any atom is -0.259 e. The van der Waals surface area contributed by atoms with Crippen molar-refractivity contribution in [1.82, 2.24) is 9.78 Å². The summed E-state index contributed by atoms with van der Waals surface area (Å²) in [5, 5.41) is 13.2. The molecule has 132 valence electrons. The van der Waals surface area contributed by atoms with Crippen molar-refractivity contribution in [3.8, 4) is 17.3 Å². The average Bonchev–Trinajstić information content (AvgIpc) is 3.00. The number of nitrogens with zero attached hydrogens (tertiary/aromatic N) is 3. The molecule has 2 aromatic carbocycles. The van der Waals surface area contributed by atoms with Crippen molar-refractivity contribution in [2.75, 3.05) is 6.26 Å². The second kappa shape index (κ2) is 6.69. The summed E-state index contributed by atoms with van der Waals surface area (Å²) < 4.78 is 51.6. The third kappa shape index (κ3) is 3.63. The zero-order chi connectivity index (χ0) is 18.9. The lowest BCUT2D eigenvalue weighted by Crippen LogP contribution is -2.06. The number of halogens is 2. The minimum atomic E-state index is -3.33. The maximum absolute atomic E-state index is 13.9. The molecule has 0 aliphatic heterocycles. The zero-order valence-corrected chi connectivity index (χ0v) is 14.5. The van der Waals surface area contributed by atoms with Gasteiger partial charge in [-0.3, -0.25) is 4.68 Å². The van der Waals surface area contributed by atoms with Gasteiger partial charge in [-0.2, -0.15) is 10.4 Å². The van der Waals surface area contributed by atoms with Gasteiger partial charge in [0.1, 0.15) is 17.7 Å². The molecule has 0 fully saturated rings. The Morgan fingerprint density at radius 3 is 2.38 bits per heavy atom. The van der Waals surface area contributed by atoms with Gasteiger partial charge in [0, 0.05) is 24.0 Å². The van der Waals surface area contributed by atoms with Crippen LogP contribution in [0, 0.1) is 23.0 Å². The summed E-state index contributed by atoms with van der Waals surface area (Å²) in [6.07, 6.45) is 1.11. The Bertz CT molecular complexity index is 1110. The number of hydrogen-bond donors (Lipinski definition) is 0. The van der Waals surface area contributed by atoms with Crippen molar-refractivity contribution in [3.63, 3.8) is 0 Å². The maximum Gasteiger partial charge on any atom is 0.175 e. The van der Waals surface area contributed by atoms with Crippen molar-refractivity contribution in [1.29, 1.82) is 5.26 Å². The molecule has 0 saturated heterocycles. The van der Waals surface area contributed by atoms with E-state index in [0.29, 0.717) is 11.3 Å². The minimum absolute atomic E-state index is 0.00302. The molecular weight excluding hydrogens is 360 g/mol. The highest BCUT2D eigenvalue weighted by atomic mass is 32.2. The van der Waals surface area contributed by atoms with E-state index in [9.17, 15) is 17.2 Å². The summed E-state index contributed by atoms with van der Waals surface area (Å²) in [4.78, 5) is 0.164. The van der Waals surface area contributed by atoms with Crippen molar-refractivity contribution in [2.24, 2.45) is 0 Å². The SMILES string of the molecule is CS(=O)(=O)c1ccc(-c2cc(C#N)nn2Cc2ccc(F)cc2F)cc1. The Morgan fingerprint density at radius 1 is 1.12 bits per heavy atom. The molecule has 0 spiro atoms. The molecular formula is C18H13F2N3O2S. The number of benzene rings is 2. The third-order valence-electron chi connectivity index (χ3n) is 3.81. The van der Waals surface area contributed by atoms with Crippen LogP contribution in [0.4, 0.5) is 8.78 Å². The van der Waals surface area contributed by atoms with Crippen LogP contribution in [0.3, 0.4) is 0 Å². The van der Waals surface area contributed by atoms with Crippen molar-refractivity contribution in [3.05, 3.63) is 71.4 Å². The summed E-state index contributed by atoms with van der Waals surface area (Å²) in [5.74, 6) is -1.39. The van der Waals surface area contributed by atoms with Gasteiger partial charge in [-0.15, -0.1) is 0 Å². The van der Waals surface area contributed by atoms with Gasteiger partial charge in [0.05, 0.1) is 17.1 Å². The van der Waals surface area contributed by atoms with E-state index in [2.05, 4.69) is 5.10 Å². The van der Waals surface area contributed by atoms with E-state index in [4.69, 9.17) is 5.26 Å². The maximum atomic E-state index is 13.9. The first-order valence-corrected chi connectivity index (χ1v) is 9.39. The van der Waals surface area contributed by atoms with Crippen LogP contribution in [0.25, 0.3) is 11.3 Å². The molecule has 0 radical (unpaired) electrons. The number of rotatable bonds is 4. The van der Waals surface area contributed by atoms with Crippen LogP contribution in [-0.2, 0) is 16.4 Å². The predicted octanol–water partition coefficient (Wildman–Crippen LogP) is 3.15. The van der Waals surface area contributed by atoms with Crippen LogP contribution in [0.2, 0.25) is 0 Å². The Morgan fingerprint density at radius 2 is 1.81 bits per heavy atom. The standard InChI is InChI=1S/C18H13F2N3O2S/c1-26(24,25)16-6-3-12(4-7-16)18-9-15(10-21)22-23(18)11-13-2-5-14(19)8-17(13)20/h2-9H,11H2,1H3. The van der Waals surface area contributed by atoms with E-state index >= 15 is 0 Å². The normalized spacial score (nSPS) is 11.3. The molecule has 1 aromatic heterocycles. The van der Waals surface area contributed by atoms with E-state index in [1.54, 1.807) is 12.1 Å². The lowest BCUT2D eigenvalue weighted by molar-refractivity contribution is 0.559. The topological polar surface area (TPSA) is 75.8 Å². The van der Waals surface area contributed by atoms with Crippen molar-refractivity contribution >= 4 is 9.84 Å². The molecule has 0 bridgehead atoms. The van der Waals surface area contributed by atoms with Crippen LogP contribution < -0.4 is 0 Å². The summed E-state index contributed by atoms with van der Waals surface area (Å²) >= 11 is 0. The Kier molecular flexibility index (Phi) is 4.57.